The van der Waals surface area contributed by atoms with E-state index < -0.39 is 60.2 Å². The van der Waals surface area contributed by atoms with Gasteiger partial charge in [-0.3, -0.25) is 9.59 Å². The largest absolute Gasteiger partial charge is 0.508 e. The first-order chi connectivity index (χ1) is 16.6. The number of aliphatic hydroxyl groups excluding tert-OH is 3. The van der Waals surface area contributed by atoms with Crippen LogP contribution in [-0.2, 0) is 14.3 Å². The third-order valence-corrected chi connectivity index (χ3v) is 5.41. The first-order valence-electron chi connectivity index (χ1n) is 10.4. The molecule has 1 aliphatic rings. The van der Waals surface area contributed by atoms with E-state index in [-0.39, 0.29) is 33.8 Å². The molecule has 1 fully saturated rings. The summed E-state index contributed by atoms with van der Waals surface area (Å²) in [6, 6.07) is 7.44. The Kier molecular flexibility index (Phi) is 6.54. The Hall–Kier alpha value is -3.84. The van der Waals surface area contributed by atoms with Crippen LogP contribution in [0.2, 0.25) is 0 Å². The fourth-order valence-electron chi connectivity index (χ4n) is 3.76. The summed E-state index contributed by atoms with van der Waals surface area (Å²) in [5, 5.41) is 59.6. The third kappa shape index (κ3) is 4.59. The van der Waals surface area contributed by atoms with Crippen molar-refractivity contribution in [3.05, 3.63) is 46.6 Å². The molecule has 12 heteroatoms. The van der Waals surface area contributed by atoms with Crippen molar-refractivity contribution >= 4 is 16.9 Å². The van der Waals surface area contributed by atoms with E-state index in [2.05, 4.69) is 0 Å². The number of ether oxygens (including phenoxy) is 3. The van der Waals surface area contributed by atoms with E-state index in [4.69, 9.17) is 18.6 Å². The van der Waals surface area contributed by atoms with Crippen molar-refractivity contribution in [1.29, 1.82) is 0 Å². The molecule has 0 amide bonds. The Labute approximate surface area is 196 Å². The number of hydrogen-bond donors (Lipinski definition) is 6. The highest BCUT2D eigenvalue weighted by Crippen LogP contribution is 2.37. The van der Waals surface area contributed by atoms with Crippen LogP contribution < -0.4 is 10.2 Å². The summed E-state index contributed by atoms with van der Waals surface area (Å²) in [5.74, 6) is -2.66. The Bertz CT molecular complexity index is 1300. The van der Waals surface area contributed by atoms with E-state index in [0.717, 1.165) is 19.1 Å². The van der Waals surface area contributed by atoms with Gasteiger partial charge in [0.15, 0.2) is 11.9 Å². The van der Waals surface area contributed by atoms with Gasteiger partial charge < -0.3 is 49.3 Å². The number of phenolic OH excluding ortho intramolecular Hbond substituents is 3. The first kappa shape index (κ1) is 24.3. The second-order valence-electron chi connectivity index (χ2n) is 7.87. The molecule has 186 valence electrons. The second-order valence-corrected chi connectivity index (χ2v) is 7.87. The number of aromatic hydroxyl groups is 3. The predicted molar refractivity (Wildman–Crippen MR) is 117 cm³/mol. The number of esters is 1. The molecule has 0 saturated carbocycles. The zero-order chi connectivity index (χ0) is 25.4. The lowest BCUT2D eigenvalue weighted by molar-refractivity contribution is -0.282. The lowest BCUT2D eigenvalue weighted by Crippen LogP contribution is -2.61. The van der Waals surface area contributed by atoms with Gasteiger partial charge in [0.05, 0.1) is 6.61 Å². The van der Waals surface area contributed by atoms with Crippen LogP contribution in [0.15, 0.2) is 45.6 Å². The van der Waals surface area contributed by atoms with Crippen molar-refractivity contribution < 1.29 is 54.1 Å². The number of carbonyl (C=O) groups excluding carboxylic acids is 1. The normalized spacial score (nSPS) is 24.3. The summed E-state index contributed by atoms with van der Waals surface area (Å²) >= 11 is 0. The molecule has 1 aromatic heterocycles. The zero-order valence-corrected chi connectivity index (χ0v) is 18.2. The highest BCUT2D eigenvalue weighted by molar-refractivity contribution is 5.88. The molecule has 0 spiro atoms. The van der Waals surface area contributed by atoms with Crippen LogP contribution in [-0.4, -0.2) is 73.9 Å². The number of benzene rings is 2. The Morgan fingerprint density at radius 2 is 1.71 bits per heavy atom. The van der Waals surface area contributed by atoms with E-state index >= 15 is 0 Å². The van der Waals surface area contributed by atoms with E-state index in [9.17, 15) is 40.2 Å². The van der Waals surface area contributed by atoms with E-state index in [1.165, 1.54) is 24.3 Å². The van der Waals surface area contributed by atoms with Crippen LogP contribution in [0.5, 0.6) is 23.0 Å². The topological polar surface area (TPSA) is 196 Å². The van der Waals surface area contributed by atoms with Crippen LogP contribution in [0.25, 0.3) is 22.3 Å². The summed E-state index contributed by atoms with van der Waals surface area (Å²) < 4.78 is 22.0. The van der Waals surface area contributed by atoms with Gasteiger partial charge in [0.1, 0.15) is 46.5 Å². The van der Waals surface area contributed by atoms with Crippen molar-refractivity contribution in [3.63, 3.8) is 0 Å². The van der Waals surface area contributed by atoms with Gasteiger partial charge in [0.2, 0.25) is 17.5 Å². The molecule has 2 heterocycles. The Morgan fingerprint density at radius 1 is 1.03 bits per heavy atom. The smallest absolute Gasteiger partial charge is 0.303 e. The summed E-state index contributed by atoms with van der Waals surface area (Å²) in [7, 11) is 0. The molecule has 12 nitrogen and oxygen atoms in total. The third-order valence-electron chi connectivity index (χ3n) is 5.41. The standard InChI is InChI=1S/C23H22O12/c1-9(25)32-22-19(31)17(29)15(8-24)34-23(22)35-21-18(30)16-13(28)6-12(27)7-14(16)33-20(21)10-2-4-11(26)5-3-10/h2-7,15,17,19,22-24,26-29,31H,8H2,1H3/t15-,17+,19+,22-,23+/m1/s1. The van der Waals surface area contributed by atoms with Gasteiger partial charge in [0.25, 0.3) is 0 Å². The summed E-state index contributed by atoms with van der Waals surface area (Å²) in [6.45, 7) is 0.313. The van der Waals surface area contributed by atoms with E-state index in [1.54, 1.807) is 0 Å². The van der Waals surface area contributed by atoms with Gasteiger partial charge in [0, 0.05) is 24.6 Å². The van der Waals surface area contributed by atoms with Crippen LogP contribution in [0.1, 0.15) is 6.92 Å². The van der Waals surface area contributed by atoms with Crippen LogP contribution in [0, 0.1) is 0 Å². The van der Waals surface area contributed by atoms with Crippen molar-refractivity contribution in [1.82, 2.24) is 0 Å². The van der Waals surface area contributed by atoms with Gasteiger partial charge in [-0.15, -0.1) is 0 Å². The number of hydrogen-bond acceptors (Lipinski definition) is 12. The number of aliphatic hydroxyl groups is 3. The van der Waals surface area contributed by atoms with Crippen LogP contribution in [0.4, 0.5) is 0 Å². The minimum absolute atomic E-state index is 0.0805. The molecule has 2 aromatic carbocycles. The Balaban J connectivity index is 1.90. The molecule has 0 unspecified atom stereocenters. The molecular weight excluding hydrogens is 468 g/mol. The quantitative estimate of drug-likeness (QED) is 0.268. The molecule has 6 N–H and O–H groups in total. The van der Waals surface area contributed by atoms with Crippen LogP contribution in [0.3, 0.4) is 0 Å². The van der Waals surface area contributed by atoms with E-state index in [0.29, 0.717) is 0 Å². The number of fused-ring (bicyclic) bond motifs is 1. The fraction of sp³-hybridized carbons (Fsp3) is 0.304. The molecule has 0 radical (unpaired) electrons. The monoisotopic (exact) mass is 490 g/mol. The zero-order valence-electron chi connectivity index (χ0n) is 18.2. The molecule has 0 aliphatic carbocycles. The fourth-order valence-corrected chi connectivity index (χ4v) is 3.76. The molecule has 1 aliphatic heterocycles. The van der Waals surface area contributed by atoms with Gasteiger partial charge in [-0.25, -0.2) is 0 Å². The van der Waals surface area contributed by atoms with Crippen molar-refractivity contribution in [2.24, 2.45) is 0 Å². The van der Waals surface area contributed by atoms with Crippen molar-refractivity contribution in [2.75, 3.05) is 6.61 Å². The van der Waals surface area contributed by atoms with Crippen molar-refractivity contribution in [2.45, 2.75) is 37.6 Å². The molecule has 5 atom stereocenters. The summed E-state index contributed by atoms with van der Waals surface area (Å²) in [6.07, 6.45) is -8.03. The molecule has 1 saturated heterocycles. The molecular formula is C23H22O12. The number of rotatable bonds is 5. The van der Waals surface area contributed by atoms with Gasteiger partial charge in [-0.05, 0) is 24.3 Å². The van der Waals surface area contributed by atoms with Crippen LogP contribution >= 0.6 is 0 Å². The minimum atomic E-state index is -1.75. The maximum atomic E-state index is 13.4. The second kappa shape index (κ2) is 9.43. The lowest BCUT2D eigenvalue weighted by atomic mass is 9.99. The van der Waals surface area contributed by atoms with Gasteiger partial charge in [-0.2, -0.15) is 0 Å². The highest BCUT2D eigenvalue weighted by Gasteiger charge is 2.48. The summed E-state index contributed by atoms with van der Waals surface area (Å²) in [5.41, 5.74) is -0.857. The molecule has 0 bridgehead atoms. The highest BCUT2D eigenvalue weighted by atomic mass is 16.7. The SMILES string of the molecule is CC(=O)O[C@H]1[C@H](Oc2c(-c3ccc(O)cc3)oc3cc(O)cc(O)c3c2=O)O[C@H](CO)[C@H](O)[C@@H]1O. The number of carbonyl (C=O) groups is 1. The van der Waals surface area contributed by atoms with Crippen molar-refractivity contribution in [3.8, 4) is 34.3 Å². The molecule has 35 heavy (non-hydrogen) atoms. The van der Waals surface area contributed by atoms with E-state index in [1.807, 2.05) is 0 Å². The maximum Gasteiger partial charge on any atom is 0.303 e. The van der Waals surface area contributed by atoms with Gasteiger partial charge >= 0.3 is 5.97 Å². The predicted octanol–water partition coefficient (Wildman–Crippen LogP) is 0.326. The molecule has 4 rings (SSSR count). The number of phenols is 3. The summed E-state index contributed by atoms with van der Waals surface area (Å²) in [4.78, 5) is 25.0. The van der Waals surface area contributed by atoms with Gasteiger partial charge in [-0.1, -0.05) is 0 Å². The minimum Gasteiger partial charge on any atom is -0.508 e. The average molecular weight is 490 g/mol. The average Bonchev–Trinajstić information content (AvgIpc) is 2.79. The maximum absolute atomic E-state index is 13.4. The molecule has 3 aromatic rings. The lowest BCUT2D eigenvalue weighted by Gasteiger charge is -2.41. The Morgan fingerprint density at radius 3 is 2.34 bits per heavy atom. The first-order valence-corrected chi connectivity index (χ1v) is 10.4.